The highest BCUT2D eigenvalue weighted by atomic mass is 35.5. The van der Waals surface area contributed by atoms with Gasteiger partial charge in [0.1, 0.15) is 24.5 Å². The highest BCUT2D eigenvalue weighted by Crippen LogP contribution is 2.43. The molecule has 0 unspecified atom stereocenters. The van der Waals surface area contributed by atoms with Crippen LogP contribution >= 0.6 is 23.4 Å². The number of halogens is 2. The van der Waals surface area contributed by atoms with Gasteiger partial charge in [-0.15, -0.1) is 11.8 Å². The molecule has 0 aliphatic heterocycles. The van der Waals surface area contributed by atoms with E-state index in [1.54, 1.807) is 17.8 Å². The quantitative estimate of drug-likeness (QED) is 0.138. The predicted octanol–water partition coefficient (Wildman–Crippen LogP) is 9.34. The molecule has 5 aromatic rings. The number of hydrogen-bond acceptors (Lipinski definition) is 4. The summed E-state index contributed by atoms with van der Waals surface area (Å²) < 4.78 is 19.8. The minimum absolute atomic E-state index is 0.0609. The molecule has 4 nitrogen and oxygen atoms in total. The molecule has 7 heteroatoms. The second kappa shape index (κ2) is 11.5. The van der Waals surface area contributed by atoms with Crippen LogP contribution in [0.15, 0.2) is 71.6 Å². The van der Waals surface area contributed by atoms with E-state index in [9.17, 15) is 9.18 Å². The van der Waals surface area contributed by atoms with Crippen LogP contribution in [0.2, 0.25) is 5.02 Å². The van der Waals surface area contributed by atoms with Gasteiger partial charge in [0.2, 0.25) is 0 Å². The Bertz CT molecular complexity index is 1740. The maximum Gasteiger partial charge on any atom is 0.139 e. The number of H-pyrrole nitrogens is 1. The second-order valence-corrected chi connectivity index (χ2v) is 14.4. The largest absolute Gasteiger partial charge is 0.486 e. The minimum Gasteiger partial charge on any atom is -0.486 e. The van der Waals surface area contributed by atoms with Crippen molar-refractivity contribution in [1.29, 1.82) is 0 Å². The Morgan fingerprint density at radius 1 is 1.02 bits per heavy atom. The van der Waals surface area contributed by atoms with Crippen molar-refractivity contribution >= 4 is 51.5 Å². The van der Waals surface area contributed by atoms with Crippen LogP contribution in [0.1, 0.15) is 57.1 Å². The lowest BCUT2D eigenvalue weighted by molar-refractivity contribution is -0.114. The van der Waals surface area contributed by atoms with E-state index < -0.39 is 5.41 Å². The number of para-hydroxylation sites is 1. The van der Waals surface area contributed by atoms with Crippen molar-refractivity contribution in [3.63, 3.8) is 0 Å². The summed E-state index contributed by atoms with van der Waals surface area (Å²) in [6, 6.07) is 20.6. The van der Waals surface area contributed by atoms with Gasteiger partial charge in [0, 0.05) is 37.0 Å². The average molecular weight is 589 g/mol. The fraction of sp³-hybridized carbons (Fsp3) is 0.294. The highest BCUT2D eigenvalue weighted by Gasteiger charge is 2.23. The van der Waals surface area contributed by atoms with E-state index in [2.05, 4.69) is 48.9 Å². The number of hydrogen-bond donors (Lipinski definition) is 1. The van der Waals surface area contributed by atoms with Gasteiger partial charge in [-0.1, -0.05) is 70.5 Å². The summed E-state index contributed by atoms with van der Waals surface area (Å²) in [6.07, 6.45) is 2.28. The fourth-order valence-electron chi connectivity index (χ4n) is 4.92. The van der Waals surface area contributed by atoms with Crippen molar-refractivity contribution in [2.75, 3.05) is 0 Å². The first-order valence-electron chi connectivity index (χ1n) is 13.6. The molecule has 5 rings (SSSR count). The summed E-state index contributed by atoms with van der Waals surface area (Å²) in [7, 11) is 0. The van der Waals surface area contributed by atoms with Crippen molar-refractivity contribution in [3.8, 4) is 5.75 Å². The number of fused-ring (bicyclic) bond motifs is 2. The smallest absolute Gasteiger partial charge is 0.139 e. The third-order valence-electron chi connectivity index (χ3n) is 6.80. The molecule has 0 aliphatic carbocycles. The molecule has 0 aliphatic rings. The van der Waals surface area contributed by atoms with Crippen LogP contribution in [0.25, 0.3) is 21.8 Å². The van der Waals surface area contributed by atoms with Gasteiger partial charge in [-0.05, 0) is 66.4 Å². The molecule has 0 saturated carbocycles. The van der Waals surface area contributed by atoms with E-state index in [0.29, 0.717) is 29.1 Å². The van der Waals surface area contributed by atoms with Gasteiger partial charge >= 0.3 is 0 Å². The molecule has 0 radical (unpaired) electrons. The van der Waals surface area contributed by atoms with Gasteiger partial charge in [-0.2, -0.15) is 0 Å². The number of pyridine rings is 1. The zero-order valence-electron chi connectivity index (χ0n) is 24.0. The summed E-state index contributed by atoms with van der Waals surface area (Å²) in [6.45, 7) is 10.6. The zero-order valence-corrected chi connectivity index (χ0v) is 25.5. The van der Waals surface area contributed by atoms with E-state index in [1.165, 1.54) is 17.7 Å². The van der Waals surface area contributed by atoms with E-state index in [4.69, 9.17) is 16.3 Å². The van der Waals surface area contributed by atoms with E-state index in [0.717, 1.165) is 44.4 Å². The Morgan fingerprint density at radius 3 is 2.56 bits per heavy atom. The van der Waals surface area contributed by atoms with Crippen molar-refractivity contribution in [2.24, 2.45) is 5.41 Å². The number of carbonyl (C=O) groups excluding carboxylic acids is 1. The van der Waals surface area contributed by atoms with E-state index in [-0.39, 0.29) is 17.2 Å². The number of aldehydes is 1. The summed E-state index contributed by atoms with van der Waals surface area (Å²) >= 11 is 8.62. The predicted molar refractivity (Wildman–Crippen MR) is 168 cm³/mol. The average Bonchev–Trinajstić information content (AvgIpc) is 3.24. The first-order chi connectivity index (χ1) is 19.4. The molecule has 0 bridgehead atoms. The van der Waals surface area contributed by atoms with Crippen LogP contribution in [0, 0.1) is 11.2 Å². The van der Waals surface area contributed by atoms with Gasteiger partial charge in [-0.25, -0.2) is 9.37 Å². The molecular weight excluding hydrogens is 555 g/mol. The van der Waals surface area contributed by atoms with Crippen LogP contribution in [-0.2, 0) is 24.2 Å². The number of nitrogens with zero attached hydrogens (tertiary/aromatic N) is 1. The molecule has 2 heterocycles. The minimum atomic E-state index is -0.490. The van der Waals surface area contributed by atoms with Gasteiger partial charge in [0.25, 0.3) is 0 Å². The van der Waals surface area contributed by atoms with Gasteiger partial charge in [0.15, 0.2) is 0 Å². The van der Waals surface area contributed by atoms with Crippen molar-refractivity contribution < 1.29 is 13.9 Å². The summed E-state index contributed by atoms with van der Waals surface area (Å²) in [4.78, 5) is 20.9. The molecule has 0 spiro atoms. The van der Waals surface area contributed by atoms with Crippen LogP contribution in [0.3, 0.4) is 0 Å². The van der Waals surface area contributed by atoms with Gasteiger partial charge in [0.05, 0.1) is 16.2 Å². The number of nitrogens with one attached hydrogen (secondary N) is 1. The third kappa shape index (κ3) is 6.94. The zero-order chi connectivity index (χ0) is 29.4. The molecule has 0 fully saturated rings. The van der Waals surface area contributed by atoms with Crippen molar-refractivity contribution in [1.82, 2.24) is 9.97 Å². The number of aromatic amines is 1. The van der Waals surface area contributed by atoms with Crippen LogP contribution in [-0.4, -0.2) is 21.0 Å². The first-order valence-corrected chi connectivity index (χ1v) is 14.8. The monoisotopic (exact) mass is 588 g/mol. The summed E-state index contributed by atoms with van der Waals surface area (Å²) in [5.74, 6) is 0.301. The number of rotatable bonds is 9. The molecule has 0 saturated heterocycles. The Morgan fingerprint density at radius 2 is 1.80 bits per heavy atom. The Kier molecular flexibility index (Phi) is 8.18. The molecule has 3 aromatic carbocycles. The molecule has 212 valence electrons. The Balaban J connectivity index is 1.51. The molecular formula is C34H34ClFN2O2S. The number of aromatic nitrogens is 2. The SMILES string of the molecule is CC(C)(C=O)Cc1[nH]c2ccccc2c1Cc1cc(OCc2ccc3cc(F)ccc3n2)c(Cl)c(SC(C)(C)C)c1. The molecule has 41 heavy (non-hydrogen) atoms. The van der Waals surface area contributed by atoms with Crippen molar-refractivity contribution in [3.05, 3.63) is 100 Å². The highest BCUT2D eigenvalue weighted by molar-refractivity contribution is 8.00. The summed E-state index contributed by atoms with van der Waals surface area (Å²) in [5, 5.41) is 2.45. The van der Waals surface area contributed by atoms with E-state index >= 15 is 0 Å². The fourth-order valence-corrected chi connectivity index (χ4v) is 6.26. The number of benzene rings is 3. The number of ether oxygens (including phenoxy) is 1. The second-order valence-electron chi connectivity index (χ2n) is 12.1. The lowest BCUT2D eigenvalue weighted by atomic mass is 9.87. The van der Waals surface area contributed by atoms with Crippen LogP contribution in [0.5, 0.6) is 5.75 Å². The Labute approximate surface area is 249 Å². The molecule has 0 atom stereocenters. The molecule has 2 aromatic heterocycles. The lowest BCUT2D eigenvalue weighted by Crippen LogP contribution is -2.17. The van der Waals surface area contributed by atoms with Crippen LogP contribution in [0.4, 0.5) is 4.39 Å². The normalized spacial score (nSPS) is 12.3. The summed E-state index contributed by atoms with van der Waals surface area (Å²) in [5.41, 5.74) is 5.29. The van der Waals surface area contributed by atoms with Crippen molar-refractivity contribution in [2.45, 2.75) is 63.7 Å². The Hall–Kier alpha value is -3.35. The lowest BCUT2D eigenvalue weighted by Gasteiger charge is -2.21. The number of carbonyl (C=O) groups is 1. The van der Waals surface area contributed by atoms with Gasteiger partial charge < -0.3 is 14.5 Å². The molecule has 0 amide bonds. The number of thioether (sulfide) groups is 1. The topological polar surface area (TPSA) is 55.0 Å². The van der Waals surface area contributed by atoms with Gasteiger partial charge in [-0.3, -0.25) is 0 Å². The standard InChI is InChI=1S/C34H34ClFN2O2S/c1-33(2,3)41-31-16-21(14-26-25-8-6-7-9-28(25)38-29(26)18-34(4,5)20-39)15-30(32(31)35)40-19-24-12-10-22-17-23(36)11-13-27(22)37-24/h6-13,15-17,20,38H,14,18-19H2,1-5H3. The van der Waals surface area contributed by atoms with Crippen LogP contribution < -0.4 is 4.74 Å². The maximum atomic E-state index is 13.6. The van der Waals surface area contributed by atoms with E-state index in [1.807, 2.05) is 44.2 Å². The maximum absolute atomic E-state index is 13.6. The third-order valence-corrected chi connectivity index (χ3v) is 8.46. The molecule has 1 N–H and O–H groups in total. The first kappa shape index (κ1) is 29.2.